The van der Waals surface area contributed by atoms with Gasteiger partial charge in [0.05, 0.1) is 5.41 Å². The molecular weight excluding hydrogens is 470 g/mol. The molecule has 2 N–H and O–H groups in total. The highest BCUT2D eigenvalue weighted by Crippen LogP contribution is 2.45. The van der Waals surface area contributed by atoms with Crippen molar-refractivity contribution in [3.05, 3.63) is 71.3 Å². The quantitative estimate of drug-likeness (QED) is 0.592. The lowest BCUT2D eigenvalue weighted by molar-refractivity contribution is -0.141. The number of primary amides is 1. The first-order chi connectivity index (χ1) is 17.6. The molecule has 2 aliphatic rings. The monoisotopic (exact) mass is 505 g/mol. The van der Waals surface area contributed by atoms with Gasteiger partial charge in [-0.3, -0.25) is 19.3 Å². The zero-order chi connectivity index (χ0) is 26.7. The lowest BCUT2D eigenvalue weighted by Crippen LogP contribution is -2.53. The van der Waals surface area contributed by atoms with Crippen molar-refractivity contribution in [2.75, 3.05) is 13.6 Å². The lowest BCUT2D eigenvalue weighted by Gasteiger charge is -2.33. The van der Waals surface area contributed by atoms with Gasteiger partial charge in [-0.15, -0.1) is 0 Å². The van der Waals surface area contributed by atoms with E-state index in [1.807, 2.05) is 68.4 Å². The molecule has 2 aromatic carbocycles. The Morgan fingerprint density at radius 2 is 1.76 bits per heavy atom. The Balaban J connectivity index is 1.59. The molecule has 8 nitrogen and oxygen atoms in total. The Morgan fingerprint density at radius 1 is 1.08 bits per heavy atom. The topological polar surface area (TPSA) is 110 Å². The Hall–Kier alpha value is -3.68. The minimum absolute atomic E-state index is 0.00962. The summed E-state index contributed by atoms with van der Waals surface area (Å²) < 4.78 is 5.49. The summed E-state index contributed by atoms with van der Waals surface area (Å²) in [5.74, 6) is -0.759. The van der Waals surface area contributed by atoms with Crippen molar-refractivity contribution in [2.45, 2.75) is 63.6 Å². The zero-order valence-electron chi connectivity index (χ0n) is 21.7. The Labute approximate surface area is 217 Å². The summed E-state index contributed by atoms with van der Waals surface area (Å²) >= 11 is 0. The van der Waals surface area contributed by atoms with E-state index in [1.165, 1.54) is 16.8 Å². The van der Waals surface area contributed by atoms with E-state index >= 15 is 0 Å². The smallest absolute Gasteiger partial charge is 0.410 e. The predicted octanol–water partition coefficient (Wildman–Crippen LogP) is 3.21. The number of benzene rings is 2. The summed E-state index contributed by atoms with van der Waals surface area (Å²) in [6, 6.07) is 15.1. The Morgan fingerprint density at radius 3 is 2.43 bits per heavy atom. The van der Waals surface area contributed by atoms with Crippen molar-refractivity contribution in [2.24, 2.45) is 11.7 Å². The maximum atomic E-state index is 14.0. The van der Waals surface area contributed by atoms with Crippen molar-refractivity contribution in [3.63, 3.8) is 0 Å². The summed E-state index contributed by atoms with van der Waals surface area (Å²) in [5.41, 5.74) is 7.42. The fourth-order valence-electron chi connectivity index (χ4n) is 5.54. The van der Waals surface area contributed by atoms with Crippen LogP contribution in [0.25, 0.3) is 0 Å². The van der Waals surface area contributed by atoms with E-state index in [1.54, 1.807) is 0 Å². The van der Waals surface area contributed by atoms with Gasteiger partial charge in [0.1, 0.15) is 24.5 Å². The summed E-state index contributed by atoms with van der Waals surface area (Å²) in [4.78, 5) is 55.5. The molecule has 37 heavy (non-hydrogen) atoms. The number of ether oxygens (including phenoxy) is 1. The molecule has 1 aliphatic heterocycles. The molecule has 1 spiro atoms. The predicted molar refractivity (Wildman–Crippen MR) is 138 cm³/mol. The van der Waals surface area contributed by atoms with Gasteiger partial charge in [0.15, 0.2) is 0 Å². The molecule has 0 unspecified atom stereocenters. The van der Waals surface area contributed by atoms with E-state index in [-0.39, 0.29) is 31.8 Å². The highest BCUT2D eigenvalue weighted by atomic mass is 16.6. The minimum Gasteiger partial charge on any atom is -0.445 e. The Bertz CT molecular complexity index is 1180. The average molecular weight is 506 g/mol. The maximum Gasteiger partial charge on any atom is 0.410 e. The highest BCUT2D eigenvalue weighted by Gasteiger charge is 2.57. The van der Waals surface area contributed by atoms with Gasteiger partial charge in [0.25, 0.3) is 0 Å². The molecule has 196 valence electrons. The number of amides is 3. The number of rotatable bonds is 8. The first-order valence-electron chi connectivity index (χ1n) is 12.8. The highest BCUT2D eigenvalue weighted by molar-refractivity contribution is 6.01. The normalized spacial score (nSPS) is 21.2. The first kappa shape index (κ1) is 26.4. The molecule has 0 saturated carbocycles. The number of nitrogens with two attached hydrogens (primary N) is 1. The van der Waals surface area contributed by atoms with Crippen molar-refractivity contribution in [1.29, 1.82) is 0 Å². The van der Waals surface area contributed by atoms with Crippen LogP contribution in [0.4, 0.5) is 4.79 Å². The number of likely N-dealkylation sites (tertiary alicyclic amines) is 1. The zero-order valence-corrected chi connectivity index (χ0v) is 21.7. The summed E-state index contributed by atoms with van der Waals surface area (Å²) in [6.45, 7) is 4.23. The second-order valence-corrected chi connectivity index (χ2v) is 10.6. The van der Waals surface area contributed by atoms with Crippen LogP contribution in [0.2, 0.25) is 0 Å². The number of likely N-dealkylation sites (N-methyl/N-ethyl adjacent to an activating group) is 1. The van der Waals surface area contributed by atoms with Gasteiger partial charge < -0.3 is 15.4 Å². The third kappa shape index (κ3) is 5.24. The van der Waals surface area contributed by atoms with Crippen molar-refractivity contribution in [1.82, 2.24) is 9.80 Å². The molecule has 1 aliphatic carbocycles. The van der Waals surface area contributed by atoms with Crippen LogP contribution in [0.3, 0.4) is 0 Å². The summed E-state index contributed by atoms with van der Waals surface area (Å²) in [6.07, 6.45) is 0.884. The number of ketones is 1. The van der Waals surface area contributed by atoms with E-state index < -0.39 is 35.4 Å². The van der Waals surface area contributed by atoms with Crippen LogP contribution in [0.1, 0.15) is 49.8 Å². The molecule has 0 bridgehead atoms. The van der Waals surface area contributed by atoms with Gasteiger partial charge in [-0.25, -0.2) is 4.79 Å². The summed E-state index contributed by atoms with van der Waals surface area (Å²) in [7, 11) is 1.54. The Kier molecular flexibility index (Phi) is 7.66. The second kappa shape index (κ2) is 10.7. The molecule has 0 aromatic heterocycles. The number of hydrogen-bond acceptors (Lipinski definition) is 5. The fourth-order valence-corrected chi connectivity index (χ4v) is 5.54. The molecule has 0 radical (unpaired) electrons. The number of carbonyl (C=O) groups excluding carboxylic acids is 4. The molecule has 2 aromatic rings. The van der Waals surface area contributed by atoms with Gasteiger partial charge in [0.2, 0.25) is 11.8 Å². The molecular formula is C29H35N3O5. The maximum absolute atomic E-state index is 14.0. The standard InChI is InChI=1S/C29H35N3O5/c1-19(2)13-14-23(31(3)28(36)37-17-20-9-5-4-6-10-20)27(35)32-18-29(16-24(32)26(30)34)22-12-8-7-11-21(22)15-25(29)33/h4-12,19,23-24H,13-18H2,1-3H3,(H2,30,34)/t23-,24-,29-/m0/s1. The molecule has 1 heterocycles. The van der Waals surface area contributed by atoms with Gasteiger partial charge in [0, 0.05) is 20.0 Å². The van der Waals surface area contributed by atoms with Crippen LogP contribution < -0.4 is 5.73 Å². The van der Waals surface area contributed by atoms with Gasteiger partial charge in [-0.1, -0.05) is 68.4 Å². The van der Waals surface area contributed by atoms with E-state index in [4.69, 9.17) is 10.5 Å². The molecule has 3 amide bonds. The average Bonchev–Trinajstić information content (AvgIpc) is 3.42. The summed E-state index contributed by atoms with van der Waals surface area (Å²) in [5, 5.41) is 0. The number of nitrogens with zero attached hydrogens (tertiary/aromatic N) is 2. The molecule has 4 rings (SSSR count). The second-order valence-electron chi connectivity index (χ2n) is 10.6. The van der Waals surface area contributed by atoms with E-state index in [0.29, 0.717) is 18.8 Å². The van der Waals surface area contributed by atoms with Crippen LogP contribution in [0.15, 0.2) is 54.6 Å². The number of hydrogen-bond donors (Lipinski definition) is 1. The van der Waals surface area contributed by atoms with Gasteiger partial charge in [-0.05, 0) is 41.9 Å². The number of fused-ring (bicyclic) bond motifs is 2. The van der Waals surface area contributed by atoms with E-state index in [2.05, 4.69) is 0 Å². The van der Waals surface area contributed by atoms with E-state index in [9.17, 15) is 19.2 Å². The number of carbonyl (C=O) groups is 4. The molecule has 3 atom stereocenters. The van der Waals surface area contributed by atoms with Crippen LogP contribution >= 0.6 is 0 Å². The van der Waals surface area contributed by atoms with Gasteiger partial charge >= 0.3 is 6.09 Å². The third-order valence-electron chi connectivity index (χ3n) is 7.65. The molecule has 8 heteroatoms. The van der Waals surface area contributed by atoms with Gasteiger partial charge in [-0.2, -0.15) is 0 Å². The van der Waals surface area contributed by atoms with E-state index in [0.717, 1.165) is 16.7 Å². The largest absolute Gasteiger partial charge is 0.445 e. The van der Waals surface area contributed by atoms with Crippen LogP contribution in [-0.4, -0.2) is 59.2 Å². The third-order valence-corrected chi connectivity index (χ3v) is 7.65. The fraction of sp³-hybridized carbons (Fsp3) is 0.448. The van der Waals surface area contributed by atoms with Crippen LogP contribution in [-0.2, 0) is 37.6 Å². The SMILES string of the molecule is CC(C)CC[C@@H](C(=O)N1C[C@]2(C[C@H]1C(N)=O)C(=O)Cc1ccccc12)N(C)C(=O)OCc1ccccc1. The van der Waals surface area contributed by atoms with Crippen molar-refractivity contribution < 1.29 is 23.9 Å². The van der Waals surface area contributed by atoms with Crippen molar-refractivity contribution in [3.8, 4) is 0 Å². The molecule has 1 fully saturated rings. The molecule has 1 saturated heterocycles. The number of Topliss-reactive ketones (excluding diaryl/α,β-unsaturated/α-hetero) is 1. The minimum atomic E-state index is -0.957. The first-order valence-corrected chi connectivity index (χ1v) is 12.8. The lowest BCUT2D eigenvalue weighted by atomic mass is 9.79. The van der Waals surface area contributed by atoms with Crippen LogP contribution in [0.5, 0.6) is 0 Å². The van der Waals surface area contributed by atoms with Crippen LogP contribution in [0, 0.1) is 5.92 Å². The van der Waals surface area contributed by atoms with Crippen molar-refractivity contribution >= 4 is 23.7 Å².